The first-order valence-electron chi connectivity index (χ1n) is 12.0. The largest absolute Gasteiger partial charge is 0.367 e. The molecule has 3 heterocycles. The van der Waals surface area contributed by atoms with E-state index in [-0.39, 0.29) is 17.5 Å². The second-order valence-electron chi connectivity index (χ2n) is 8.94. The normalized spacial score (nSPS) is 14.7. The third-order valence-corrected chi connectivity index (χ3v) is 7.12. The summed E-state index contributed by atoms with van der Waals surface area (Å²) in [6.45, 7) is 6.52. The van der Waals surface area contributed by atoms with Crippen LogP contribution < -0.4 is 20.7 Å². The molecule has 0 amide bonds. The Morgan fingerprint density at radius 2 is 1.84 bits per heavy atom. The molecule has 37 heavy (non-hydrogen) atoms. The second-order valence-corrected chi connectivity index (χ2v) is 10.6. The van der Waals surface area contributed by atoms with Crippen LogP contribution in [-0.4, -0.2) is 61.0 Å². The van der Waals surface area contributed by atoms with E-state index in [1.165, 1.54) is 6.07 Å². The van der Waals surface area contributed by atoms with Crippen LogP contribution in [-0.2, 0) is 15.8 Å². The van der Waals surface area contributed by atoms with Gasteiger partial charge in [0.25, 0.3) is 0 Å². The maximum atomic E-state index is 15.1. The van der Waals surface area contributed by atoms with E-state index in [1.807, 2.05) is 6.07 Å². The molecule has 1 fully saturated rings. The zero-order chi connectivity index (χ0) is 26.0. The molecule has 1 aliphatic rings. The molecule has 194 valence electrons. The van der Waals surface area contributed by atoms with Gasteiger partial charge in [-0.25, -0.2) is 17.9 Å². The molecular weight excluding hydrogens is 495 g/mol. The van der Waals surface area contributed by atoms with E-state index < -0.39 is 10.0 Å². The lowest BCUT2D eigenvalue weighted by molar-refractivity contribution is 0.270. The van der Waals surface area contributed by atoms with Crippen molar-refractivity contribution in [2.45, 2.75) is 12.7 Å². The summed E-state index contributed by atoms with van der Waals surface area (Å²) in [5, 5.41) is 12.3. The molecule has 5 N–H and O–H groups in total. The fourth-order valence-electron chi connectivity index (χ4n) is 4.48. The van der Waals surface area contributed by atoms with E-state index in [0.717, 1.165) is 32.7 Å². The van der Waals surface area contributed by atoms with E-state index in [1.54, 1.807) is 42.6 Å². The van der Waals surface area contributed by atoms with Crippen molar-refractivity contribution in [1.29, 1.82) is 0 Å². The van der Waals surface area contributed by atoms with Gasteiger partial charge in [0.05, 0.1) is 16.8 Å². The number of hydrogen-bond acceptors (Lipinski definition) is 8. The standard InChI is InChI=1S/C25H29FN8O2S/c1-2-33-11-13-34(14-12-33)22-8-7-18(15-20(22)26)29-25-31-23-19(9-10-28-23)24(32-25)30-21-6-4-3-5-17(21)16-37(27,35)36/h3-10,15H,2,11-14,16H2,1H3,(H2,27,35,36)(H3,28,29,30,31,32). The Morgan fingerprint density at radius 3 is 2.57 bits per heavy atom. The number of aromatic amines is 1. The van der Waals surface area contributed by atoms with E-state index in [9.17, 15) is 8.42 Å². The number of para-hydroxylation sites is 1. The van der Waals surface area contributed by atoms with Crippen LogP contribution in [0.5, 0.6) is 0 Å². The lowest BCUT2D eigenvalue weighted by Crippen LogP contribution is -2.46. The number of benzene rings is 2. The van der Waals surface area contributed by atoms with Gasteiger partial charge in [-0.1, -0.05) is 25.1 Å². The molecule has 0 aliphatic carbocycles. The first kappa shape index (κ1) is 24.9. The average molecular weight is 525 g/mol. The van der Waals surface area contributed by atoms with E-state index in [4.69, 9.17) is 5.14 Å². The highest BCUT2D eigenvalue weighted by atomic mass is 32.2. The third-order valence-electron chi connectivity index (χ3n) is 6.41. The summed E-state index contributed by atoms with van der Waals surface area (Å²) in [4.78, 5) is 16.6. The molecule has 0 bridgehead atoms. The molecule has 2 aromatic carbocycles. The minimum atomic E-state index is -3.73. The molecule has 2 aromatic heterocycles. The Labute approximate surface area is 214 Å². The first-order valence-corrected chi connectivity index (χ1v) is 13.7. The second kappa shape index (κ2) is 10.3. The van der Waals surface area contributed by atoms with Gasteiger partial charge >= 0.3 is 0 Å². The topological polar surface area (TPSA) is 132 Å². The molecule has 12 heteroatoms. The summed E-state index contributed by atoms with van der Waals surface area (Å²) in [7, 11) is -3.73. The lowest BCUT2D eigenvalue weighted by Gasteiger charge is -2.35. The number of sulfonamides is 1. The minimum absolute atomic E-state index is 0.255. The average Bonchev–Trinajstić information content (AvgIpc) is 3.34. The molecule has 1 aliphatic heterocycles. The zero-order valence-electron chi connectivity index (χ0n) is 20.4. The van der Waals surface area contributed by atoms with Gasteiger partial charge in [-0.2, -0.15) is 9.97 Å². The zero-order valence-corrected chi connectivity index (χ0v) is 21.2. The third kappa shape index (κ3) is 5.82. The number of nitrogens with zero attached hydrogens (tertiary/aromatic N) is 4. The van der Waals surface area contributed by atoms with Crippen LogP contribution in [0, 0.1) is 5.82 Å². The van der Waals surface area contributed by atoms with Crippen molar-refractivity contribution >= 4 is 49.9 Å². The molecule has 0 saturated carbocycles. The van der Waals surface area contributed by atoms with Crippen LogP contribution in [0.2, 0.25) is 0 Å². The summed E-state index contributed by atoms with van der Waals surface area (Å²) in [6, 6.07) is 13.8. The number of hydrogen-bond donors (Lipinski definition) is 4. The SMILES string of the molecule is CCN1CCN(c2ccc(Nc3nc(Nc4ccccc4CS(N)(=O)=O)c4cc[nH]c4n3)cc2F)CC1. The number of likely N-dealkylation sites (N-methyl/N-ethyl adjacent to an activating group) is 1. The molecule has 5 rings (SSSR count). The number of fused-ring (bicyclic) bond motifs is 1. The summed E-state index contributed by atoms with van der Waals surface area (Å²) in [5.74, 6) is 0.0830. The Morgan fingerprint density at radius 1 is 1.05 bits per heavy atom. The molecule has 0 radical (unpaired) electrons. The van der Waals surface area contributed by atoms with E-state index in [2.05, 4.69) is 42.3 Å². The number of nitrogens with two attached hydrogens (primary N) is 1. The van der Waals surface area contributed by atoms with Crippen LogP contribution in [0.1, 0.15) is 12.5 Å². The van der Waals surface area contributed by atoms with Gasteiger partial charge < -0.3 is 25.4 Å². The summed E-state index contributed by atoms with van der Waals surface area (Å²) in [5.41, 5.74) is 2.73. The van der Waals surface area contributed by atoms with Crippen LogP contribution in [0.4, 0.5) is 33.2 Å². The van der Waals surface area contributed by atoms with E-state index in [0.29, 0.717) is 39.5 Å². The minimum Gasteiger partial charge on any atom is -0.367 e. The van der Waals surface area contributed by atoms with Crippen LogP contribution in [0.3, 0.4) is 0 Å². The summed E-state index contributed by atoms with van der Waals surface area (Å²) < 4.78 is 38.4. The van der Waals surface area contributed by atoms with Gasteiger partial charge in [0.2, 0.25) is 16.0 Å². The molecule has 0 atom stereocenters. The van der Waals surface area contributed by atoms with Crippen molar-refractivity contribution < 1.29 is 12.8 Å². The van der Waals surface area contributed by atoms with Gasteiger partial charge in [-0.05, 0) is 42.4 Å². The van der Waals surface area contributed by atoms with Crippen molar-refractivity contribution in [2.75, 3.05) is 48.3 Å². The van der Waals surface area contributed by atoms with Crippen LogP contribution >= 0.6 is 0 Å². The van der Waals surface area contributed by atoms with Crippen molar-refractivity contribution in [3.8, 4) is 0 Å². The number of rotatable bonds is 8. The maximum absolute atomic E-state index is 15.1. The van der Waals surface area contributed by atoms with Gasteiger partial charge in [0, 0.05) is 43.8 Å². The van der Waals surface area contributed by atoms with Gasteiger partial charge in [0.1, 0.15) is 17.3 Å². The van der Waals surface area contributed by atoms with Crippen LogP contribution in [0.15, 0.2) is 54.7 Å². The number of H-pyrrole nitrogens is 1. The Balaban J connectivity index is 1.39. The Hall–Kier alpha value is -3.74. The molecule has 0 unspecified atom stereocenters. The fourth-order valence-corrected chi connectivity index (χ4v) is 5.17. The monoisotopic (exact) mass is 524 g/mol. The Bertz CT molecular complexity index is 1520. The number of primary sulfonamides is 1. The molecule has 1 saturated heterocycles. The van der Waals surface area contributed by atoms with E-state index >= 15 is 4.39 Å². The molecular formula is C25H29FN8O2S. The molecule has 4 aromatic rings. The quantitative estimate of drug-likeness (QED) is 0.275. The number of aromatic nitrogens is 3. The smallest absolute Gasteiger partial charge is 0.231 e. The number of piperazine rings is 1. The number of nitrogens with one attached hydrogen (secondary N) is 3. The van der Waals surface area contributed by atoms with Crippen molar-refractivity contribution in [3.63, 3.8) is 0 Å². The van der Waals surface area contributed by atoms with Gasteiger partial charge in [-0.3, -0.25) is 0 Å². The Kier molecular flexibility index (Phi) is 6.96. The highest BCUT2D eigenvalue weighted by Crippen LogP contribution is 2.29. The first-order chi connectivity index (χ1) is 17.8. The fraction of sp³-hybridized carbons (Fsp3) is 0.280. The number of halogens is 1. The van der Waals surface area contributed by atoms with Crippen LogP contribution in [0.25, 0.3) is 11.0 Å². The van der Waals surface area contributed by atoms with Crippen molar-refractivity contribution in [2.24, 2.45) is 5.14 Å². The number of anilines is 5. The van der Waals surface area contributed by atoms with Crippen molar-refractivity contribution in [3.05, 3.63) is 66.1 Å². The highest BCUT2D eigenvalue weighted by Gasteiger charge is 2.19. The van der Waals surface area contributed by atoms with Gasteiger partial charge in [-0.15, -0.1) is 0 Å². The summed E-state index contributed by atoms with van der Waals surface area (Å²) >= 11 is 0. The van der Waals surface area contributed by atoms with Crippen molar-refractivity contribution in [1.82, 2.24) is 19.9 Å². The predicted molar refractivity (Wildman–Crippen MR) is 144 cm³/mol. The predicted octanol–water partition coefficient (Wildman–Crippen LogP) is 3.51. The molecule has 0 spiro atoms. The lowest BCUT2D eigenvalue weighted by atomic mass is 10.2. The molecule has 10 nitrogen and oxygen atoms in total. The maximum Gasteiger partial charge on any atom is 0.231 e. The highest BCUT2D eigenvalue weighted by molar-refractivity contribution is 7.88. The summed E-state index contributed by atoms with van der Waals surface area (Å²) in [6.07, 6.45) is 1.73. The van der Waals surface area contributed by atoms with Gasteiger partial charge in [0.15, 0.2) is 0 Å².